The zero-order valence-corrected chi connectivity index (χ0v) is 12.7. The number of phenols is 1. The number of H-pyrrole nitrogens is 2. The van der Waals surface area contributed by atoms with Gasteiger partial charge in [0.15, 0.2) is 0 Å². The average Bonchev–Trinajstić information content (AvgIpc) is 3.20. The summed E-state index contributed by atoms with van der Waals surface area (Å²) in [5.74, 6) is 0.110. The number of hydroxylamine groups is 2. The number of aromatic nitrogens is 2. The van der Waals surface area contributed by atoms with E-state index in [0.717, 1.165) is 27.8 Å². The molecule has 2 aliphatic rings. The van der Waals surface area contributed by atoms with E-state index in [-0.39, 0.29) is 17.6 Å². The van der Waals surface area contributed by atoms with Crippen LogP contribution in [-0.4, -0.2) is 37.7 Å². The minimum atomic E-state index is -0.363. The molecule has 0 bridgehead atoms. The molecule has 1 aliphatic carbocycles. The van der Waals surface area contributed by atoms with Gasteiger partial charge in [-0.15, -0.1) is 0 Å². The van der Waals surface area contributed by atoms with Gasteiger partial charge in [0, 0.05) is 35.6 Å². The molecule has 24 heavy (non-hydrogen) atoms. The van der Waals surface area contributed by atoms with Gasteiger partial charge >= 0.3 is 0 Å². The van der Waals surface area contributed by atoms with Gasteiger partial charge in [0.05, 0.1) is 17.4 Å². The highest BCUT2D eigenvalue weighted by atomic mass is 16.5. The second-order valence-corrected chi connectivity index (χ2v) is 6.29. The summed E-state index contributed by atoms with van der Waals surface area (Å²) in [4.78, 5) is 19.0. The molecule has 0 fully saturated rings. The Labute approximate surface area is 137 Å². The van der Waals surface area contributed by atoms with Crippen LogP contribution in [0.15, 0.2) is 36.7 Å². The second kappa shape index (κ2) is 4.59. The van der Waals surface area contributed by atoms with Gasteiger partial charge in [0.2, 0.25) is 5.78 Å². The first kappa shape index (κ1) is 13.6. The van der Waals surface area contributed by atoms with Crippen molar-refractivity contribution in [3.8, 4) is 16.9 Å². The van der Waals surface area contributed by atoms with Gasteiger partial charge in [-0.25, -0.2) is 0 Å². The lowest BCUT2D eigenvalue weighted by Crippen LogP contribution is -2.36. The van der Waals surface area contributed by atoms with Gasteiger partial charge < -0.3 is 20.3 Å². The molecule has 0 saturated heterocycles. The van der Waals surface area contributed by atoms with E-state index >= 15 is 0 Å². The molecule has 3 aromatic rings. The van der Waals surface area contributed by atoms with Crippen LogP contribution < -0.4 is 0 Å². The molecule has 0 spiro atoms. The fourth-order valence-electron chi connectivity index (χ4n) is 3.90. The van der Waals surface area contributed by atoms with Crippen molar-refractivity contribution >= 4 is 5.78 Å². The highest BCUT2D eigenvalue weighted by molar-refractivity contribution is 6.12. The van der Waals surface area contributed by atoms with Crippen molar-refractivity contribution in [3.63, 3.8) is 0 Å². The quantitative estimate of drug-likeness (QED) is 0.554. The molecule has 5 rings (SSSR count). The number of nitrogens with zero attached hydrogens (tertiary/aromatic N) is 1. The second-order valence-electron chi connectivity index (χ2n) is 6.29. The Hall–Kier alpha value is -2.83. The highest BCUT2D eigenvalue weighted by Gasteiger charge is 2.42. The summed E-state index contributed by atoms with van der Waals surface area (Å²) in [6.45, 7) is 0.517. The third-order valence-corrected chi connectivity index (χ3v) is 5.01. The van der Waals surface area contributed by atoms with E-state index in [4.69, 9.17) is 0 Å². The lowest BCUT2D eigenvalue weighted by molar-refractivity contribution is -0.121. The van der Waals surface area contributed by atoms with E-state index in [1.54, 1.807) is 30.5 Å². The standard InChI is InChI=1S/C18H15N3O3/c22-11-3-1-9(2-4-11)12-8-20-16-14(12)17-13-10(5-6-21(17)24)7-19-15(13)18(16)23/h1-4,7-8,17,19-20,22,24H,5-6H2/t17-/m1/s1. The average molecular weight is 321 g/mol. The lowest BCUT2D eigenvalue weighted by Gasteiger charge is -2.34. The first-order valence-electron chi connectivity index (χ1n) is 7.86. The first-order chi connectivity index (χ1) is 11.6. The molecule has 1 aliphatic heterocycles. The summed E-state index contributed by atoms with van der Waals surface area (Å²) in [5, 5.41) is 21.3. The van der Waals surface area contributed by atoms with Crippen LogP contribution >= 0.6 is 0 Å². The summed E-state index contributed by atoms with van der Waals surface area (Å²) in [7, 11) is 0. The number of rotatable bonds is 1. The van der Waals surface area contributed by atoms with Crippen LogP contribution in [0, 0.1) is 0 Å². The Morgan fingerprint density at radius 2 is 1.75 bits per heavy atom. The lowest BCUT2D eigenvalue weighted by atomic mass is 9.81. The summed E-state index contributed by atoms with van der Waals surface area (Å²) in [6.07, 6.45) is 4.37. The monoisotopic (exact) mass is 321 g/mol. The van der Waals surface area contributed by atoms with Gasteiger partial charge in [0.25, 0.3) is 0 Å². The number of fused-ring (bicyclic) bond motifs is 2. The van der Waals surface area contributed by atoms with Crippen LogP contribution in [0.2, 0.25) is 0 Å². The van der Waals surface area contributed by atoms with Crippen LogP contribution in [-0.2, 0) is 6.42 Å². The summed E-state index contributed by atoms with van der Waals surface area (Å²) in [6, 6.07) is 6.48. The fourth-order valence-corrected chi connectivity index (χ4v) is 3.90. The smallest absolute Gasteiger partial charge is 0.226 e. The molecule has 0 amide bonds. The molecule has 0 radical (unpaired) electrons. The van der Waals surface area contributed by atoms with Gasteiger partial charge in [0.1, 0.15) is 5.75 Å². The number of aromatic hydroxyl groups is 1. The number of phenolic OH excluding ortho intramolecular Hbond substituents is 1. The Morgan fingerprint density at radius 3 is 2.54 bits per heavy atom. The Balaban J connectivity index is 1.77. The Morgan fingerprint density at radius 1 is 1.04 bits per heavy atom. The number of carbonyl (C=O) groups excluding carboxylic acids is 1. The molecule has 3 heterocycles. The van der Waals surface area contributed by atoms with Crippen LogP contribution in [0.25, 0.3) is 11.1 Å². The van der Waals surface area contributed by atoms with E-state index in [0.29, 0.717) is 24.4 Å². The summed E-state index contributed by atoms with van der Waals surface area (Å²) < 4.78 is 0. The van der Waals surface area contributed by atoms with Crippen molar-refractivity contribution in [1.82, 2.24) is 15.0 Å². The van der Waals surface area contributed by atoms with Crippen molar-refractivity contribution in [2.75, 3.05) is 6.54 Å². The molecule has 2 aromatic heterocycles. The van der Waals surface area contributed by atoms with Crippen molar-refractivity contribution < 1.29 is 15.1 Å². The van der Waals surface area contributed by atoms with Crippen LogP contribution in [0.3, 0.4) is 0 Å². The molecular weight excluding hydrogens is 306 g/mol. The predicted molar refractivity (Wildman–Crippen MR) is 86.2 cm³/mol. The number of hydrogen-bond acceptors (Lipinski definition) is 4. The summed E-state index contributed by atoms with van der Waals surface area (Å²) >= 11 is 0. The molecule has 120 valence electrons. The maximum absolute atomic E-state index is 12.8. The molecule has 4 N–H and O–H groups in total. The molecule has 6 heteroatoms. The minimum absolute atomic E-state index is 0.0807. The maximum Gasteiger partial charge on any atom is 0.226 e. The maximum atomic E-state index is 12.8. The molecule has 6 nitrogen and oxygen atoms in total. The van der Waals surface area contributed by atoms with E-state index in [9.17, 15) is 15.1 Å². The number of aromatic amines is 2. The first-order valence-corrected chi connectivity index (χ1v) is 7.86. The molecular formula is C18H15N3O3. The highest BCUT2D eigenvalue weighted by Crippen LogP contribution is 2.46. The van der Waals surface area contributed by atoms with E-state index in [1.807, 2.05) is 6.20 Å². The zero-order valence-electron chi connectivity index (χ0n) is 12.7. The molecule has 1 atom stereocenters. The molecule has 0 saturated carbocycles. The molecule has 0 unspecified atom stereocenters. The number of benzene rings is 1. The zero-order chi connectivity index (χ0) is 16.4. The van der Waals surface area contributed by atoms with Gasteiger partial charge in [-0.1, -0.05) is 12.1 Å². The number of carbonyl (C=O) groups is 1. The van der Waals surface area contributed by atoms with Gasteiger partial charge in [-0.05, 0) is 29.7 Å². The van der Waals surface area contributed by atoms with Gasteiger partial charge in [-0.3, -0.25) is 4.79 Å². The topological polar surface area (TPSA) is 92.3 Å². The number of ketones is 1. The fraction of sp³-hybridized carbons (Fsp3) is 0.167. The Kier molecular flexibility index (Phi) is 2.60. The van der Waals surface area contributed by atoms with Crippen molar-refractivity contribution in [3.05, 3.63) is 64.7 Å². The van der Waals surface area contributed by atoms with E-state index in [1.165, 1.54) is 5.06 Å². The van der Waals surface area contributed by atoms with Crippen molar-refractivity contribution in [2.45, 2.75) is 12.5 Å². The van der Waals surface area contributed by atoms with Crippen molar-refractivity contribution in [1.29, 1.82) is 0 Å². The number of hydrogen-bond donors (Lipinski definition) is 4. The SMILES string of the molecule is O=C1c2[nH]cc3c2[C@H](c2c(-c4ccc(O)cc4)c[nH]c21)N(O)CC3. The summed E-state index contributed by atoms with van der Waals surface area (Å²) in [5.41, 5.74) is 5.56. The largest absolute Gasteiger partial charge is 0.508 e. The third-order valence-electron chi connectivity index (χ3n) is 5.01. The van der Waals surface area contributed by atoms with Crippen LogP contribution in [0.1, 0.15) is 38.9 Å². The van der Waals surface area contributed by atoms with E-state index < -0.39 is 0 Å². The third kappa shape index (κ3) is 1.64. The number of nitrogens with one attached hydrogen (secondary N) is 2. The minimum Gasteiger partial charge on any atom is -0.508 e. The van der Waals surface area contributed by atoms with E-state index in [2.05, 4.69) is 9.97 Å². The van der Waals surface area contributed by atoms with Crippen LogP contribution in [0.4, 0.5) is 0 Å². The van der Waals surface area contributed by atoms with Gasteiger partial charge in [-0.2, -0.15) is 5.06 Å². The van der Waals surface area contributed by atoms with Crippen molar-refractivity contribution in [2.24, 2.45) is 0 Å². The molecule has 1 aromatic carbocycles. The normalized spacial score (nSPS) is 19.2. The Bertz CT molecular complexity index is 968. The van der Waals surface area contributed by atoms with Crippen LogP contribution in [0.5, 0.6) is 5.75 Å². The predicted octanol–water partition coefficient (Wildman–Crippen LogP) is 2.60.